The highest BCUT2D eigenvalue weighted by atomic mass is 16.4. The van der Waals surface area contributed by atoms with E-state index in [1.165, 1.54) is 12.3 Å². The highest BCUT2D eigenvalue weighted by Gasteiger charge is 2.11. The van der Waals surface area contributed by atoms with E-state index in [0.29, 0.717) is 11.6 Å². The zero-order chi connectivity index (χ0) is 22.1. The molecule has 0 saturated carbocycles. The average Bonchev–Trinajstić information content (AvgIpc) is 3.13. The molecule has 0 radical (unpaired) electrons. The molecule has 0 aliphatic heterocycles. The van der Waals surface area contributed by atoms with Gasteiger partial charge in [0.05, 0.1) is 17.0 Å². The minimum absolute atomic E-state index is 0.138. The molecule has 4 heterocycles. The first-order valence-corrected chi connectivity index (χ1v) is 9.98. The van der Waals surface area contributed by atoms with Crippen molar-refractivity contribution in [2.45, 2.75) is 34.6 Å². The van der Waals surface area contributed by atoms with Crippen molar-refractivity contribution in [1.29, 1.82) is 0 Å². The standard InChI is InChI=1S/C19H15N5O2.2C2H6/c1-12-18(24-9-3-2-4-17(24)22-12)13-7-8-20-16(10-13)23-15-6-5-14(11-21-15)19(25)26;2*1-2/h2-11H,1H3,(H,25,26)(H,20,21,23);2*1-2H3. The van der Waals surface area contributed by atoms with Crippen LogP contribution in [0, 0.1) is 6.92 Å². The Morgan fingerprint density at radius 2 is 1.77 bits per heavy atom. The Morgan fingerprint density at radius 3 is 2.43 bits per heavy atom. The number of carboxylic acids is 1. The summed E-state index contributed by atoms with van der Waals surface area (Å²) in [5.41, 5.74) is 3.93. The molecular weight excluding hydrogens is 378 g/mol. The number of pyridine rings is 3. The molecule has 4 aromatic rings. The molecular formula is C23H27N5O2. The molecule has 0 saturated heterocycles. The summed E-state index contributed by atoms with van der Waals surface area (Å²) in [5, 5.41) is 12.0. The number of nitrogens with one attached hydrogen (secondary N) is 1. The molecule has 4 rings (SSSR count). The van der Waals surface area contributed by atoms with Crippen LogP contribution in [0.5, 0.6) is 0 Å². The number of nitrogens with zero attached hydrogens (tertiary/aromatic N) is 4. The fraction of sp³-hybridized carbons (Fsp3) is 0.217. The molecule has 30 heavy (non-hydrogen) atoms. The fourth-order valence-corrected chi connectivity index (χ4v) is 2.83. The van der Waals surface area contributed by atoms with Gasteiger partial charge in [0, 0.05) is 24.2 Å². The van der Waals surface area contributed by atoms with Crippen LogP contribution in [-0.2, 0) is 0 Å². The van der Waals surface area contributed by atoms with Crippen LogP contribution in [0.4, 0.5) is 11.6 Å². The molecule has 0 amide bonds. The Bertz CT molecular complexity index is 1100. The normalized spacial score (nSPS) is 9.77. The van der Waals surface area contributed by atoms with E-state index in [4.69, 9.17) is 5.11 Å². The van der Waals surface area contributed by atoms with Crippen LogP contribution >= 0.6 is 0 Å². The lowest BCUT2D eigenvalue weighted by atomic mass is 10.1. The van der Waals surface area contributed by atoms with Gasteiger partial charge in [-0.3, -0.25) is 4.40 Å². The van der Waals surface area contributed by atoms with E-state index in [-0.39, 0.29) is 5.56 Å². The Labute approximate surface area is 176 Å². The molecule has 7 heteroatoms. The summed E-state index contributed by atoms with van der Waals surface area (Å²) >= 11 is 0. The number of aromatic nitrogens is 4. The number of hydrogen-bond acceptors (Lipinski definition) is 5. The molecule has 156 valence electrons. The van der Waals surface area contributed by atoms with Gasteiger partial charge in [-0.2, -0.15) is 0 Å². The summed E-state index contributed by atoms with van der Waals surface area (Å²) in [5.74, 6) is 0.130. The molecule has 0 atom stereocenters. The zero-order valence-electron chi connectivity index (χ0n) is 17.9. The van der Waals surface area contributed by atoms with Crippen LogP contribution in [-0.4, -0.2) is 30.4 Å². The lowest BCUT2D eigenvalue weighted by Gasteiger charge is -2.08. The largest absolute Gasteiger partial charge is 0.478 e. The maximum Gasteiger partial charge on any atom is 0.337 e. The smallest absolute Gasteiger partial charge is 0.337 e. The van der Waals surface area contributed by atoms with Crippen molar-refractivity contribution in [2.24, 2.45) is 0 Å². The van der Waals surface area contributed by atoms with Crippen LogP contribution < -0.4 is 5.32 Å². The molecule has 0 bridgehead atoms. The fourth-order valence-electron chi connectivity index (χ4n) is 2.83. The predicted octanol–water partition coefficient (Wildman–Crippen LogP) is 5.59. The molecule has 0 unspecified atom stereocenters. The lowest BCUT2D eigenvalue weighted by Crippen LogP contribution is -2.00. The Hall–Kier alpha value is -3.74. The maximum absolute atomic E-state index is 10.9. The number of anilines is 2. The molecule has 0 aromatic carbocycles. The van der Waals surface area contributed by atoms with Gasteiger partial charge in [-0.25, -0.2) is 19.7 Å². The topological polar surface area (TPSA) is 92.4 Å². The third-order valence-electron chi connectivity index (χ3n) is 4.00. The SMILES string of the molecule is CC.CC.Cc1nc2ccccn2c1-c1ccnc(Nc2ccc(C(=O)O)cn2)c1. The molecule has 0 aliphatic rings. The van der Waals surface area contributed by atoms with Crippen LogP contribution in [0.1, 0.15) is 43.7 Å². The van der Waals surface area contributed by atoms with Crippen molar-refractivity contribution in [1.82, 2.24) is 19.4 Å². The van der Waals surface area contributed by atoms with Crippen molar-refractivity contribution in [3.8, 4) is 11.3 Å². The highest BCUT2D eigenvalue weighted by Crippen LogP contribution is 2.26. The second kappa shape index (κ2) is 10.7. The van der Waals surface area contributed by atoms with Crippen LogP contribution in [0.3, 0.4) is 0 Å². The van der Waals surface area contributed by atoms with Crippen LogP contribution in [0.2, 0.25) is 0 Å². The summed E-state index contributed by atoms with van der Waals surface area (Å²) in [6.07, 6.45) is 5.00. The molecule has 2 N–H and O–H groups in total. The van der Waals surface area contributed by atoms with Gasteiger partial charge < -0.3 is 10.4 Å². The van der Waals surface area contributed by atoms with Crippen molar-refractivity contribution < 1.29 is 9.90 Å². The number of carboxylic acid groups (broad SMARTS) is 1. The van der Waals surface area contributed by atoms with E-state index in [9.17, 15) is 4.79 Å². The van der Waals surface area contributed by atoms with E-state index in [1.54, 1.807) is 12.3 Å². The third kappa shape index (κ3) is 5.00. The average molecular weight is 406 g/mol. The second-order valence-corrected chi connectivity index (χ2v) is 5.77. The Kier molecular flexibility index (Phi) is 8.05. The Morgan fingerprint density at radius 1 is 1.00 bits per heavy atom. The number of hydrogen-bond donors (Lipinski definition) is 2. The second-order valence-electron chi connectivity index (χ2n) is 5.77. The first-order valence-electron chi connectivity index (χ1n) is 9.98. The third-order valence-corrected chi connectivity index (χ3v) is 4.00. The van der Waals surface area contributed by atoms with E-state index in [2.05, 4.69) is 20.3 Å². The molecule has 4 aromatic heterocycles. The summed E-state index contributed by atoms with van der Waals surface area (Å²) < 4.78 is 2.04. The van der Waals surface area contributed by atoms with Gasteiger partial charge in [0.1, 0.15) is 17.3 Å². The summed E-state index contributed by atoms with van der Waals surface area (Å²) in [4.78, 5) is 23.9. The quantitative estimate of drug-likeness (QED) is 0.459. The van der Waals surface area contributed by atoms with Gasteiger partial charge in [0.25, 0.3) is 0 Å². The molecule has 7 nitrogen and oxygen atoms in total. The van der Waals surface area contributed by atoms with E-state index < -0.39 is 5.97 Å². The number of aromatic carboxylic acids is 1. The minimum atomic E-state index is -1.01. The highest BCUT2D eigenvalue weighted by molar-refractivity contribution is 5.87. The number of aryl methyl sites for hydroxylation is 1. The first-order chi connectivity index (χ1) is 14.6. The number of fused-ring (bicyclic) bond motifs is 1. The van der Waals surface area contributed by atoms with E-state index in [1.807, 2.05) is 75.5 Å². The lowest BCUT2D eigenvalue weighted by molar-refractivity contribution is 0.0696. The number of carbonyl (C=O) groups is 1. The van der Waals surface area contributed by atoms with Gasteiger partial charge in [0.15, 0.2) is 0 Å². The number of rotatable bonds is 4. The monoisotopic (exact) mass is 405 g/mol. The number of imidazole rings is 1. The minimum Gasteiger partial charge on any atom is -0.478 e. The molecule has 0 fully saturated rings. The van der Waals surface area contributed by atoms with Crippen molar-refractivity contribution in [3.05, 3.63) is 72.3 Å². The molecule has 0 spiro atoms. The Balaban J connectivity index is 0.000000757. The van der Waals surface area contributed by atoms with Gasteiger partial charge in [-0.05, 0) is 43.3 Å². The molecule has 0 aliphatic carbocycles. The van der Waals surface area contributed by atoms with Gasteiger partial charge in [-0.1, -0.05) is 33.8 Å². The summed E-state index contributed by atoms with van der Waals surface area (Å²) in [6.45, 7) is 9.97. The first kappa shape index (κ1) is 22.5. The van der Waals surface area contributed by atoms with E-state index in [0.717, 1.165) is 22.6 Å². The van der Waals surface area contributed by atoms with Gasteiger partial charge >= 0.3 is 5.97 Å². The van der Waals surface area contributed by atoms with Crippen LogP contribution in [0.25, 0.3) is 16.9 Å². The van der Waals surface area contributed by atoms with E-state index >= 15 is 0 Å². The predicted molar refractivity (Wildman–Crippen MR) is 120 cm³/mol. The van der Waals surface area contributed by atoms with Crippen LogP contribution in [0.15, 0.2) is 61.1 Å². The summed E-state index contributed by atoms with van der Waals surface area (Å²) in [7, 11) is 0. The maximum atomic E-state index is 10.9. The van der Waals surface area contributed by atoms with Gasteiger partial charge in [0.2, 0.25) is 0 Å². The summed E-state index contributed by atoms with van der Waals surface area (Å²) in [6, 6.07) is 12.8. The van der Waals surface area contributed by atoms with Gasteiger partial charge in [-0.15, -0.1) is 0 Å². The van der Waals surface area contributed by atoms with Crippen molar-refractivity contribution in [3.63, 3.8) is 0 Å². The van der Waals surface area contributed by atoms with Crippen molar-refractivity contribution in [2.75, 3.05) is 5.32 Å². The zero-order valence-corrected chi connectivity index (χ0v) is 17.9. The van der Waals surface area contributed by atoms with Crippen molar-refractivity contribution >= 4 is 23.3 Å².